The minimum Gasteiger partial charge on any atom is -0.493 e. The Hall–Kier alpha value is -3.33. The van der Waals surface area contributed by atoms with Crippen LogP contribution in [0.2, 0.25) is 0 Å². The summed E-state index contributed by atoms with van der Waals surface area (Å²) in [6.07, 6.45) is -3.40. The number of morpholine rings is 1. The van der Waals surface area contributed by atoms with E-state index in [1.165, 1.54) is 30.2 Å². The first kappa shape index (κ1) is 21.9. The summed E-state index contributed by atoms with van der Waals surface area (Å²) < 4.78 is 49.2. The van der Waals surface area contributed by atoms with E-state index in [1.54, 1.807) is 30.3 Å². The van der Waals surface area contributed by atoms with Crippen molar-refractivity contribution in [3.8, 4) is 17.0 Å². The zero-order valence-corrected chi connectivity index (χ0v) is 17.4. The van der Waals surface area contributed by atoms with Crippen molar-refractivity contribution in [1.29, 1.82) is 0 Å². The van der Waals surface area contributed by atoms with Gasteiger partial charge in [0.2, 0.25) is 5.88 Å². The Labute approximate surface area is 182 Å². The Balaban J connectivity index is 1.97. The van der Waals surface area contributed by atoms with Crippen molar-refractivity contribution < 1.29 is 27.8 Å². The third-order valence-electron chi connectivity index (χ3n) is 5.50. The zero-order chi connectivity index (χ0) is 22.9. The molecule has 1 N–H and O–H groups in total. The summed E-state index contributed by atoms with van der Waals surface area (Å²) in [6.45, 7) is 2.49. The van der Waals surface area contributed by atoms with Crippen molar-refractivity contribution >= 4 is 5.91 Å². The number of pyridine rings is 1. The minimum absolute atomic E-state index is 0.0481. The smallest absolute Gasteiger partial charge is 0.431 e. The average Bonchev–Trinajstić information content (AvgIpc) is 3.07. The molecule has 0 spiro atoms. The van der Waals surface area contributed by atoms with E-state index in [0.29, 0.717) is 37.4 Å². The van der Waals surface area contributed by atoms with Gasteiger partial charge in [-0.2, -0.15) is 13.2 Å². The molecule has 0 aliphatic carbocycles. The van der Waals surface area contributed by atoms with Crippen molar-refractivity contribution in [2.45, 2.75) is 19.6 Å². The second kappa shape index (κ2) is 8.66. The topological polar surface area (TPSA) is 67.6 Å². The number of halogens is 3. The number of alkyl halides is 3. The summed E-state index contributed by atoms with van der Waals surface area (Å²) >= 11 is 0. The number of ether oxygens (including phenoxy) is 1. The lowest BCUT2D eigenvalue weighted by Crippen LogP contribution is -2.41. The molecule has 6 nitrogen and oxygen atoms in total. The lowest BCUT2D eigenvalue weighted by Gasteiger charge is -2.28. The van der Waals surface area contributed by atoms with Crippen LogP contribution < -0.4 is 0 Å². The summed E-state index contributed by atoms with van der Waals surface area (Å²) in [7, 11) is 0. The molecule has 0 saturated carbocycles. The second-order valence-electron chi connectivity index (χ2n) is 7.58. The highest BCUT2D eigenvalue weighted by Gasteiger charge is 2.42. The third-order valence-corrected chi connectivity index (χ3v) is 5.50. The first-order valence-corrected chi connectivity index (χ1v) is 10.1. The van der Waals surface area contributed by atoms with Crippen LogP contribution in [0.15, 0.2) is 48.7 Å². The fraction of sp³-hybridized carbons (Fsp3) is 0.304. The van der Waals surface area contributed by atoms with E-state index in [1.807, 2.05) is 0 Å². The maximum atomic E-state index is 14.3. The monoisotopic (exact) mass is 445 g/mol. The van der Waals surface area contributed by atoms with Gasteiger partial charge in [-0.25, -0.2) is 4.98 Å². The van der Waals surface area contributed by atoms with Crippen LogP contribution in [0.3, 0.4) is 0 Å². The Morgan fingerprint density at radius 1 is 1.12 bits per heavy atom. The van der Waals surface area contributed by atoms with Crippen LogP contribution >= 0.6 is 0 Å². The van der Waals surface area contributed by atoms with Crippen molar-refractivity contribution in [3.05, 3.63) is 71.2 Å². The molecule has 0 unspecified atom stereocenters. The number of carbonyl (C=O) groups is 1. The number of aromatic hydroxyl groups is 1. The molecule has 3 heterocycles. The van der Waals surface area contributed by atoms with Gasteiger partial charge in [0.1, 0.15) is 11.4 Å². The first-order chi connectivity index (χ1) is 15.3. The largest absolute Gasteiger partial charge is 0.493 e. The van der Waals surface area contributed by atoms with Crippen LogP contribution in [0.1, 0.15) is 27.3 Å². The van der Waals surface area contributed by atoms with Gasteiger partial charge in [0, 0.05) is 43.0 Å². The fourth-order valence-corrected chi connectivity index (χ4v) is 4.06. The Kier molecular flexibility index (Phi) is 5.92. The molecule has 0 atom stereocenters. The summed E-state index contributed by atoms with van der Waals surface area (Å²) in [5, 5.41) is 9.55. The standard InChI is InChI=1S/C23H22F3N3O3/c1-15-19(17-7-8-18(30)27-13-17)20(22(31)28-9-11-32-12-10-28)29(21(15)23(24,25)26)14-16-5-3-2-4-6-16/h2-8,13H,9-12,14H2,1H3,(H,27,30). The highest BCUT2D eigenvalue weighted by molar-refractivity contribution is 6.01. The number of carbonyl (C=O) groups excluding carboxylic acids is 1. The average molecular weight is 445 g/mol. The number of aromatic nitrogens is 2. The van der Waals surface area contributed by atoms with Crippen LogP contribution in [0, 0.1) is 6.92 Å². The van der Waals surface area contributed by atoms with Gasteiger partial charge in [-0.15, -0.1) is 0 Å². The molecule has 1 aliphatic rings. The molecule has 2 aromatic heterocycles. The van der Waals surface area contributed by atoms with Gasteiger partial charge in [-0.3, -0.25) is 4.79 Å². The SMILES string of the molecule is Cc1c(-c2ccc(O)nc2)c(C(=O)N2CCOCC2)n(Cc2ccccc2)c1C(F)(F)F. The Morgan fingerprint density at radius 2 is 1.81 bits per heavy atom. The number of rotatable bonds is 4. The van der Waals surface area contributed by atoms with Crippen molar-refractivity contribution in [1.82, 2.24) is 14.5 Å². The number of hydrogen-bond acceptors (Lipinski definition) is 4. The maximum absolute atomic E-state index is 14.3. The number of nitrogens with zero attached hydrogens (tertiary/aromatic N) is 3. The lowest BCUT2D eigenvalue weighted by molar-refractivity contribution is -0.143. The first-order valence-electron chi connectivity index (χ1n) is 10.1. The van der Waals surface area contributed by atoms with E-state index in [2.05, 4.69) is 4.98 Å². The van der Waals surface area contributed by atoms with Gasteiger partial charge in [0.15, 0.2) is 0 Å². The van der Waals surface area contributed by atoms with Crippen molar-refractivity contribution in [2.24, 2.45) is 0 Å². The predicted molar refractivity (Wildman–Crippen MR) is 111 cm³/mol. The quantitative estimate of drug-likeness (QED) is 0.657. The van der Waals surface area contributed by atoms with E-state index >= 15 is 0 Å². The zero-order valence-electron chi connectivity index (χ0n) is 17.4. The molecule has 4 rings (SSSR count). The molecule has 1 saturated heterocycles. The summed E-state index contributed by atoms with van der Waals surface area (Å²) in [4.78, 5) is 18.9. The predicted octanol–water partition coefficient (Wildman–Crippen LogP) is 4.10. The van der Waals surface area contributed by atoms with Crippen molar-refractivity contribution in [2.75, 3.05) is 26.3 Å². The van der Waals surface area contributed by atoms with Crippen molar-refractivity contribution in [3.63, 3.8) is 0 Å². The van der Waals surface area contributed by atoms with Crippen LogP contribution in [-0.4, -0.2) is 51.8 Å². The minimum atomic E-state index is -4.68. The second-order valence-corrected chi connectivity index (χ2v) is 7.58. The lowest BCUT2D eigenvalue weighted by atomic mass is 10.0. The molecule has 0 bridgehead atoms. The number of amides is 1. The van der Waals surface area contributed by atoms with Crippen LogP contribution in [0.5, 0.6) is 5.88 Å². The van der Waals surface area contributed by atoms with E-state index in [9.17, 15) is 23.1 Å². The summed E-state index contributed by atoms with van der Waals surface area (Å²) in [5.74, 6) is -0.752. The Bertz CT molecular complexity index is 1100. The van der Waals surface area contributed by atoms with Crippen LogP contribution in [0.25, 0.3) is 11.1 Å². The van der Waals surface area contributed by atoms with Gasteiger partial charge in [0.05, 0.1) is 13.2 Å². The van der Waals surface area contributed by atoms with E-state index < -0.39 is 17.8 Å². The van der Waals surface area contributed by atoms with Crippen LogP contribution in [-0.2, 0) is 17.5 Å². The molecule has 32 heavy (non-hydrogen) atoms. The summed E-state index contributed by atoms with van der Waals surface area (Å²) in [5.41, 5.74) is 0.150. The van der Waals surface area contributed by atoms with Gasteiger partial charge in [-0.1, -0.05) is 30.3 Å². The number of benzene rings is 1. The van der Waals surface area contributed by atoms with Gasteiger partial charge >= 0.3 is 6.18 Å². The van der Waals surface area contributed by atoms with Gasteiger partial charge < -0.3 is 19.3 Å². The van der Waals surface area contributed by atoms with Gasteiger partial charge in [0.25, 0.3) is 5.91 Å². The highest BCUT2D eigenvalue weighted by atomic mass is 19.4. The van der Waals surface area contributed by atoms with E-state index in [4.69, 9.17) is 4.74 Å². The highest BCUT2D eigenvalue weighted by Crippen LogP contribution is 2.41. The summed E-state index contributed by atoms with van der Waals surface area (Å²) in [6, 6.07) is 11.5. The Morgan fingerprint density at radius 3 is 2.41 bits per heavy atom. The molecule has 1 aromatic carbocycles. The molecule has 9 heteroatoms. The van der Waals surface area contributed by atoms with E-state index in [0.717, 1.165) is 4.57 Å². The van der Waals surface area contributed by atoms with Crippen LogP contribution in [0.4, 0.5) is 13.2 Å². The van der Waals surface area contributed by atoms with E-state index in [-0.39, 0.29) is 29.2 Å². The van der Waals surface area contributed by atoms with Gasteiger partial charge in [-0.05, 0) is 24.1 Å². The molecular formula is C23H22F3N3O3. The number of hydrogen-bond donors (Lipinski definition) is 1. The molecule has 1 aliphatic heterocycles. The maximum Gasteiger partial charge on any atom is 0.431 e. The molecule has 1 amide bonds. The molecule has 3 aromatic rings. The molecule has 1 fully saturated rings. The molecular weight excluding hydrogens is 423 g/mol. The fourth-order valence-electron chi connectivity index (χ4n) is 4.06. The molecule has 0 radical (unpaired) electrons. The normalized spacial score (nSPS) is 14.6. The third kappa shape index (κ3) is 4.20. The molecule has 168 valence electrons.